The number of furan rings is 1. The maximum absolute atomic E-state index is 12.4. The van der Waals surface area contributed by atoms with Gasteiger partial charge in [-0.05, 0) is 31.2 Å². The molecule has 0 radical (unpaired) electrons. The van der Waals surface area contributed by atoms with Crippen LogP contribution in [0.4, 0.5) is 0 Å². The van der Waals surface area contributed by atoms with Crippen molar-refractivity contribution in [3.05, 3.63) is 65.7 Å². The third kappa shape index (κ3) is 2.79. The van der Waals surface area contributed by atoms with Gasteiger partial charge in [0, 0.05) is 12.4 Å². The molecule has 4 nitrogen and oxygen atoms in total. The summed E-state index contributed by atoms with van der Waals surface area (Å²) in [4.78, 5) is 18.4. The molecule has 0 unspecified atom stereocenters. The maximum Gasteiger partial charge on any atom is 0.272 e. The summed E-state index contributed by atoms with van der Waals surface area (Å²) in [6.45, 7) is 2.32. The van der Waals surface area contributed by atoms with Crippen molar-refractivity contribution in [3.8, 4) is 0 Å². The van der Waals surface area contributed by atoms with Crippen LogP contribution in [0.5, 0.6) is 0 Å². The van der Waals surface area contributed by atoms with Crippen LogP contribution in [0.3, 0.4) is 0 Å². The lowest BCUT2D eigenvalue weighted by Gasteiger charge is -2.15. The lowest BCUT2D eigenvalue weighted by molar-refractivity contribution is 0.0769. The number of aromatic nitrogens is 1. The summed E-state index contributed by atoms with van der Waals surface area (Å²) in [5, 5.41) is 1.03. The fraction of sp³-hybridized carbons (Fsp3) is 0.176. The van der Waals surface area contributed by atoms with Crippen molar-refractivity contribution in [2.24, 2.45) is 0 Å². The van der Waals surface area contributed by atoms with Gasteiger partial charge in [-0.1, -0.05) is 24.3 Å². The molecule has 0 atom stereocenters. The molecule has 0 aliphatic rings. The molecule has 0 aliphatic carbocycles. The molecule has 0 spiro atoms. The second kappa shape index (κ2) is 5.40. The summed E-state index contributed by atoms with van der Waals surface area (Å²) in [6, 6.07) is 15.2. The Morgan fingerprint density at radius 2 is 1.95 bits per heavy atom. The summed E-state index contributed by atoms with van der Waals surface area (Å²) in [5.41, 5.74) is 1.27. The standard InChI is InChI=1S/C17H16N2O2/c1-12-7-9-14(21-12)11-19(2)17(20)16-10-8-13-5-3-4-6-15(13)18-16/h3-10H,11H2,1-2H3. The smallest absolute Gasteiger partial charge is 0.272 e. The number of amides is 1. The van der Waals surface area contributed by atoms with E-state index >= 15 is 0 Å². The first-order valence-corrected chi connectivity index (χ1v) is 6.80. The van der Waals surface area contributed by atoms with E-state index in [1.807, 2.05) is 49.4 Å². The minimum atomic E-state index is -0.116. The number of fused-ring (bicyclic) bond motifs is 1. The maximum atomic E-state index is 12.4. The molecule has 4 heteroatoms. The van der Waals surface area contributed by atoms with Crippen LogP contribution in [0.1, 0.15) is 22.0 Å². The molecule has 1 aromatic carbocycles. The Kier molecular flexibility index (Phi) is 3.44. The number of pyridine rings is 1. The molecule has 0 bridgehead atoms. The first-order chi connectivity index (χ1) is 10.1. The second-order valence-electron chi connectivity index (χ2n) is 5.06. The number of carbonyl (C=O) groups excluding carboxylic acids is 1. The van der Waals surface area contributed by atoms with Gasteiger partial charge in [0.25, 0.3) is 5.91 Å². The van der Waals surface area contributed by atoms with Gasteiger partial charge < -0.3 is 9.32 Å². The van der Waals surface area contributed by atoms with Crippen LogP contribution in [-0.2, 0) is 6.54 Å². The Balaban J connectivity index is 1.82. The average molecular weight is 280 g/mol. The van der Waals surface area contributed by atoms with E-state index in [1.54, 1.807) is 18.0 Å². The van der Waals surface area contributed by atoms with E-state index in [0.29, 0.717) is 12.2 Å². The Hall–Kier alpha value is -2.62. The van der Waals surface area contributed by atoms with Gasteiger partial charge in [0.1, 0.15) is 17.2 Å². The normalized spacial score (nSPS) is 10.8. The van der Waals surface area contributed by atoms with Gasteiger partial charge in [-0.25, -0.2) is 4.98 Å². The lowest BCUT2D eigenvalue weighted by Crippen LogP contribution is -2.26. The number of nitrogens with zero attached hydrogens (tertiary/aromatic N) is 2. The molecule has 2 heterocycles. The molecule has 1 amide bonds. The Morgan fingerprint density at radius 3 is 2.71 bits per heavy atom. The molecule has 0 saturated heterocycles. The zero-order valence-corrected chi connectivity index (χ0v) is 12.0. The predicted molar refractivity (Wildman–Crippen MR) is 81.0 cm³/mol. The van der Waals surface area contributed by atoms with Crippen LogP contribution in [0, 0.1) is 6.92 Å². The van der Waals surface area contributed by atoms with Crippen LogP contribution in [0.25, 0.3) is 10.9 Å². The number of benzene rings is 1. The van der Waals surface area contributed by atoms with Gasteiger partial charge in [0.15, 0.2) is 0 Å². The van der Waals surface area contributed by atoms with Crippen molar-refractivity contribution in [1.82, 2.24) is 9.88 Å². The molecule has 0 aliphatic heterocycles. The highest BCUT2D eigenvalue weighted by molar-refractivity contribution is 5.94. The van der Waals surface area contributed by atoms with E-state index in [-0.39, 0.29) is 5.91 Å². The molecule has 3 aromatic rings. The van der Waals surface area contributed by atoms with Gasteiger partial charge >= 0.3 is 0 Å². The van der Waals surface area contributed by atoms with Gasteiger partial charge in [0.2, 0.25) is 0 Å². The zero-order chi connectivity index (χ0) is 14.8. The van der Waals surface area contributed by atoms with E-state index in [9.17, 15) is 4.79 Å². The number of para-hydroxylation sites is 1. The first kappa shape index (κ1) is 13.4. The predicted octanol–water partition coefficient (Wildman–Crippen LogP) is 3.41. The Morgan fingerprint density at radius 1 is 1.14 bits per heavy atom. The summed E-state index contributed by atoms with van der Waals surface area (Å²) < 4.78 is 5.50. The van der Waals surface area contributed by atoms with E-state index in [0.717, 1.165) is 22.4 Å². The van der Waals surface area contributed by atoms with E-state index < -0.39 is 0 Å². The van der Waals surface area contributed by atoms with Crippen molar-refractivity contribution < 1.29 is 9.21 Å². The van der Waals surface area contributed by atoms with E-state index in [1.165, 1.54) is 0 Å². The van der Waals surface area contributed by atoms with E-state index in [4.69, 9.17) is 4.42 Å². The SMILES string of the molecule is Cc1ccc(CN(C)C(=O)c2ccc3ccccc3n2)o1. The number of hydrogen-bond acceptors (Lipinski definition) is 3. The number of rotatable bonds is 3. The van der Waals surface area contributed by atoms with Crippen molar-refractivity contribution in [1.29, 1.82) is 0 Å². The van der Waals surface area contributed by atoms with Crippen molar-refractivity contribution in [2.75, 3.05) is 7.05 Å². The molecule has 0 fully saturated rings. The van der Waals surface area contributed by atoms with Crippen LogP contribution >= 0.6 is 0 Å². The minimum Gasteiger partial charge on any atom is -0.464 e. The third-order valence-corrected chi connectivity index (χ3v) is 3.35. The first-order valence-electron chi connectivity index (χ1n) is 6.80. The topological polar surface area (TPSA) is 46.3 Å². The molecule has 3 rings (SSSR count). The fourth-order valence-electron chi connectivity index (χ4n) is 2.26. The molecular weight excluding hydrogens is 264 g/mol. The van der Waals surface area contributed by atoms with Crippen LogP contribution in [-0.4, -0.2) is 22.8 Å². The van der Waals surface area contributed by atoms with Gasteiger partial charge in [-0.2, -0.15) is 0 Å². The summed E-state index contributed by atoms with van der Waals surface area (Å²) in [7, 11) is 1.75. The number of hydrogen-bond donors (Lipinski definition) is 0. The Bertz CT molecular complexity index is 792. The average Bonchev–Trinajstić information content (AvgIpc) is 2.91. The van der Waals surface area contributed by atoms with Crippen LogP contribution < -0.4 is 0 Å². The third-order valence-electron chi connectivity index (χ3n) is 3.35. The second-order valence-corrected chi connectivity index (χ2v) is 5.06. The lowest BCUT2D eigenvalue weighted by atomic mass is 10.2. The zero-order valence-electron chi connectivity index (χ0n) is 12.0. The van der Waals surface area contributed by atoms with Crippen molar-refractivity contribution >= 4 is 16.8 Å². The highest BCUT2D eigenvalue weighted by Gasteiger charge is 2.15. The molecule has 0 N–H and O–H groups in total. The highest BCUT2D eigenvalue weighted by atomic mass is 16.3. The molecule has 106 valence electrons. The number of aryl methyl sites for hydroxylation is 1. The monoisotopic (exact) mass is 280 g/mol. The Labute approximate surface area is 123 Å². The van der Waals surface area contributed by atoms with Crippen LogP contribution in [0.2, 0.25) is 0 Å². The highest BCUT2D eigenvalue weighted by Crippen LogP contribution is 2.14. The van der Waals surface area contributed by atoms with Crippen LogP contribution in [0.15, 0.2) is 52.9 Å². The minimum absolute atomic E-state index is 0.116. The molecule has 21 heavy (non-hydrogen) atoms. The summed E-state index contributed by atoms with van der Waals surface area (Å²) in [5.74, 6) is 1.49. The van der Waals surface area contributed by atoms with Crippen molar-refractivity contribution in [3.63, 3.8) is 0 Å². The molecule has 2 aromatic heterocycles. The van der Waals surface area contributed by atoms with Gasteiger partial charge in [-0.3, -0.25) is 4.79 Å². The van der Waals surface area contributed by atoms with Gasteiger partial charge in [-0.15, -0.1) is 0 Å². The van der Waals surface area contributed by atoms with E-state index in [2.05, 4.69) is 4.98 Å². The molecule has 0 saturated carbocycles. The van der Waals surface area contributed by atoms with Crippen molar-refractivity contribution in [2.45, 2.75) is 13.5 Å². The summed E-state index contributed by atoms with van der Waals surface area (Å²) in [6.07, 6.45) is 0. The quantitative estimate of drug-likeness (QED) is 0.738. The fourth-order valence-corrected chi connectivity index (χ4v) is 2.26. The molecular formula is C17H16N2O2. The number of carbonyl (C=O) groups is 1. The van der Waals surface area contributed by atoms with Gasteiger partial charge in [0.05, 0.1) is 12.1 Å². The largest absolute Gasteiger partial charge is 0.464 e. The summed E-state index contributed by atoms with van der Waals surface area (Å²) >= 11 is 0.